The predicted molar refractivity (Wildman–Crippen MR) is 158 cm³/mol. The Kier molecular flexibility index (Phi) is 8.29. The van der Waals surface area contributed by atoms with Gasteiger partial charge in [0.1, 0.15) is 17.8 Å². The van der Waals surface area contributed by atoms with Crippen LogP contribution in [0.3, 0.4) is 0 Å². The van der Waals surface area contributed by atoms with Crippen LogP contribution in [0.2, 0.25) is 4.34 Å². The molecule has 0 aliphatic carbocycles. The summed E-state index contributed by atoms with van der Waals surface area (Å²) in [6.45, 7) is 2.10. The van der Waals surface area contributed by atoms with Crippen molar-refractivity contribution in [3.05, 3.63) is 103 Å². The van der Waals surface area contributed by atoms with Crippen molar-refractivity contribution in [3.63, 3.8) is 0 Å². The molecule has 10 nitrogen and oxygen atoms in total. The first-order valence-corrected chi connectivity index (χ1v) is 14.6. The van der Waals surface area contributed by atoms with Crippen LogP contribution in [0.15, 0.2) is 76.5 Å². The Bertz CT molecular complexity index is 1840. The molecule has 44 heavy (non-hydrogen) atoms. The fraction of sp³-hybridized carbons (Fsp3) is 0.241. The molecule has 1 N–H and O–H groups in total. The van der Waals surface area contributed by atoms with E-state index in [4.69, 9.17) is 20.9 Å². The summed E-state index contributed by atoms with van der Waals surface area (Å²) in [5, 5.41) is 11.3. The molecule has 6 rings (SSSR count). The molecule has 5 aromatic rings. The first-order valence-electron chi connectivity index (χ1n) is 13.4. The van der Waals surface area contributed by atoms with Crippen molar-refractivity contribution in [2.24, 2.45) is 0 Å². The summed E-state index contributed by atoms with van der Waals surface area (Å²) in [6, 6.07) is 11.3. The van der Waals surface area contributed by atoms with Crippen LogP contribution in [0.4, 0.5) is 24.7 Å². The van der Waals surface area contributed by atoms with Gasteiger partial charge >= 0.3 is 6.18 Å². The molecular formula is C29H24ClF3N6O4S. The molecule has 15 heteroatoms. The molecule has 0 spiro atoms. The molecule has 0 amide bonds. The number of thiophene rings is 1. The highest BCUT2D eigenvalue weighted by molar-refractivity contribution is 7.16. The number of halogens is 4. The summed E-state index contributed by atoms with van der Waals surface area (Å²) in [5.41, 5.74) is -0.307. The van der Waals surface area contributed by atoms with Crippen molar-refractivity contribution < 1.29 is 27.2 Å². The molecule has 0 bridgehead atoms. The number of carbonyl (C=O) groups is 1. The van der Waals surface area contributed by atoms with Crippen molar-refractivity contribution in [1.29, 1.82) is 0 Å². The molecule has 4 aromatic heterocycles. The molecule has 5 heterocycles. The minimum absolute atomic E-state index is 0.146. The summed E-state index contributed by atoms with van der Waals surface area (Å²) in [4.78, 5) is 30.3. The number of hydrogen-bond donors (Lipinski definition) is 1. The van der Waals surface area contributed by atoms with E-state index < -0.39 is 23.2 Å². The van der Waals surface area contributed by atoms with E-state index in [-0.39, 0.29) is 30.2 Å². The van der Waals surface area contributed by atoms with Gasteiger partial charge in [0.05, 0.1) is 53.7 Å². The number of aromatic nitrogens is 4. The van der Waals surface area contributed by atoms with Crippen molar-refractivity contribution in [2.75, 3.05) is 36.5 Å². The van der Waals surface area contributed by atoms with Crippen molar-refractivity contribution in [1.82, 2.24) is 19.5 Å². The van der Waals surface area contributed by atoms with Gasteiger partial charge in [0.15, 0.2) is 0 Å². The van der Waals surface area contributed by atoms with E-state index in [1.807, 2.05) is 4.90 Å². The number of hydrogen-bond acceptors (Lipinski definition) is 9. The maximum absolute atomic E-state index is 13.9. The Morgan fingerprint density at radius 3 is 2.61 bits per heavy atom. The van der Waals surface area contributed by atoms with Crippen molar-refractivity contribution >= 4 is 40.4 Å². The first-order chi connectivity index (χ1) is 21.2. The number of nitrogens with zero attached hydrogens (tertiary/aromatic N) is 5. The quantitative estimate of drug-likeness (QED) is 0.232. The lowest BCUT2D eigenvalue weighted by Gasteiger charge is -2.30. The molecule has 1 aromatic carbocycles. The maximum atomic E-state index is 13.9. The Balaban J connectivity index is 1.46. The van der Waals surface area contributed by atoms with Crippen LogP contribution in [-0.2, 0) is 24.0 Å². The van der Waals surface area contributed by atoms with Gasteiger partial charge in [-0.3, -0.25) is 9.59 Å². The number of nitrogens with one attached hydrogen (secondary N) is 1. The number of pyridine rings is 1. The topological polar surface area (TPSA) is 107 Å². The Morgan fingerprint density at radius 1 is 1.11 bits per heavy atom. The predicted octanol–water partition coefficient (Wildman–Crippen LogP) is 5.62. The number of carbonyl (C=O) groups excluding carboxylic acids is 1. The smallest absolute Gasteiger partial charge is 0.378 e. The van der Waals surface area contributed by atoms with Gasteiger partial charge in [-0.1, -0.05) is 28.9 Å². The van der Waals surface area contributed by atoms with Crippen LogP contribution in [-0.4, -0.2) is 51.7 Å². The molecule has 0 saturated carbocycles. The Labute approximate surface area is 257 Å². The number of morpholine rings is 1. The van der Waals surface area contributed by atoms with Crippen LogP contribution >= 0.6 is 22.9 Å². The zero-order chi connectivity index (χ0) is 30.8. The fourth-order valence-electron chi connectivity index (χ4n) is 4.94. The molecule has 1 fully saturated rings. The summed E-state index contributed by atoms with van der Waals surface area (Å²) in [7, 11) is 0. The molecule has 0 radical (unpaired) electrons. The molecule has 0 atom stereocenters. The van der Waals surface area contributed by atoms with Crippen molar-refractivity contribution in [2.45, 2.75) is 19.3 Å². The third-order valence-corrected chi connectivity index (χ3v) is 8.25. The maximum Gasteiger partial charge on any atom is 0.417 e. The summed E-state index contributed by atoms with van der Waals surface area (Å²) >= 11 is 7.39. The average molecular weight is 645 g/mol. The van der Waals surface area contributed by atoms with E-state index >= 15 is 0 Å². The van der Waals surface area contributed by atoms with E-state index in [9.17, 15) is 22.8 Å². The second-order valence-corrected chi connectivity index (χ2v) is 11.7. The monoisotopic (exact) mass is 644 g/mol. The van der Waals surface area contributed by atoms with Crippen LogP contribution in [0, 0.1) is 0 Å². The normalized spacial score (nSPS) is 13.8. The van der Waals surface area contributed by atoms with Gasteiger partial charge in [-0.2, -0.15) is 23.0 Å². The number of anilines is 2. The standard InChI is InChI=1S/C29H24ClF3N6O4S/c30-24-6-5-19(44-24)15-34-25-13-23(36-39(25)27(40)20-3-1-2-4-22(20)29(31,32)33)21-7-8-38(16-18-14-35-43-17-18)28(41)26(21)37-9-11-42-12-10-37/h1-8,13-14,17,34H,9-12,15-16H2. The second kappa shape index (κ2) is 12.3. The molecule has 1 aliphatic rings. The van der Waals surface area contributed by atoms with E-state index in [0.29, 0.717) is 47.5 Å². The van der Waals surface area contributed by atoms with E-state index in [1.165, 1.54) is 40.5 Å². The van der Waals surface area contributed by atoms with Gasteiger partial charge in [0, 0.05) is 41.4 Å². The average Bonchev–Trinajstić information content (AvgIpc) is 3.78. The van der Waals surface area contributed by atoms with Gasteiger partial charge in [0.2, 0.25) is 0 Å². The highest BCUT2D eigenvalue weighted by Crippen LogP contribution is 2.34. The van der Waals surface area contributed by atoms with Crippen LogP contribution in [0.25, 0.3) is 11.3 Å². The fourth-order valence-corrected chi connectivity index (χ4v) is 5.96. The van der Waals surface area contributed by atoms with E-state index in [2.05, 4.69) is 15.6 Å². The van der Waals surface area contributed by atoms with Gasteiger partial charge in [0.25, 0.3) is 11.5 Å². The van der Waals surface area contributed by atoms with Gasteiger partial charge < -0.3 is 24.0 Å². The highest BCUT2D eigenvalue weighted by Gasteiger charge is 2.36. The summed E-state index contributed by atoms with van der Waals surface area (Å²) in [6.07, 6.45) is -0.212. The first kappa shape index (κ1) is 29.7. The largest absolute Gasteiger partial charge is 0.417 e. The van der Waals surface area contributed by atoms with E-state index in [0.717, 1.165) is 21.7 Å². The molecule has 1 aliphatic heterocycles. The number of benzene rings is 1. The third-order valence-electron chi connectivity index (χ3n) is 7.02. The van der Waals surface area contributed by atoms with Crippen LogP contribution in [0.5, 0.6) is 0 Å². The zero-order valence-electron chi connectivity index (χ0n) is 22.9. The number of alkyl halides is 3. The molecule has 0 unspecified atom stereocenters. The minimum Gasteiger partial charge on any atom is -0.378 e. The lowest BCUT2D eigenvalue weighted by Crippen LogP contribution is -2.41. The Morgan fingerprint density at radius 2 is 1.91 bits per heavy atom. The summed E-state index contributed by atoms with van der Waals surface area (Å²) < 4.78 is 55.0. The van der Waals surface area contributed by atoms with Gasteiger partial charge in [-0.25, -0.2) is 0 Å². The van der Waals surface area contributed by atoms with E-state index in [1.54, 1.807) is 30.5 Å². The number of ether oxygens (including phenoxy) is 1. The molecular weight excluding hydrogens is 621 g/mol. The lowest BCUT2D eigenvalue weighted by atomic mass is 10.1. The number of rotatable bonds is 8. The second-order valence-electron chi connectivity index (χ2n) is 9.88. The van der Waals surface area contributed by atoms with Crippen molar-refractivity contribution in [3.8, 4) is 11.3 Å². The zero-order valence-corrected chi connectivity index (χ0v) is 24.5. The molecule has 228 valence electrons. The minimum atomic E-state index is -4.76. The SMILES string of the molecule is O=C(c1ccccc1C(F)(F)F)n1nc(-c2ccn(Cc3cnoc3)c(=O)c2N2CCOCC2)cc1NCc1ccc(Cl)s1. The lowest BCUT2D eigenvalue weighted by molar-refractivity contribution is -0.137. The van der Waals surface area contributed by atoms with Crippen LogP contribution < -0.4 is 15.8 Å². The van der Waals surface area contributed by atoms with Crippen LogP contribution in [0.1, 0.15) is 26.4 Å². The summed E-state index contributed by atoms with van der Waals surface area (Å²) in [5.74, 6) is -0.835. The van der Waals surface area contributed by atoms with Gasteiger partial charge in [-0.15, -0.1) is 11.3 Å². The third kappa shape index (κ3) is 6.14. The highest BCUT2D eigenvalue weighted by atomic mass is 35.5. The molecule has 1 saturated heterocycles. The van der Waals surface area contributed by atoms with Gasteiger partial charge in [-0.05, 0) is 30.3 Å². The Hall–Kier alpha value is -4.40.